The second-order valence-electron chi connectivity index (χ2n) is 4.56. The minimum atomic E-state index is -0.990. The molecule has 0 aliphatic heterocycles. The smallest absolute Gasteiger partial charge is 0.281 e. The minimum absolute atomic E-state index is 0.0116. The number of rotatable bonds is 4. The van der Waals surface area contributed by atoms with E-state index in [9.17, 15) is 9.90 Å². The number of hydrogen-bond acceptors (Lipinski definition) is 6. The van der Waals surface area contributed by atoms with Crippen LogP contribution in [0.25, 0.3) is 22.6 Å². The molecule has 0 aliphatic rings. The topological polar surface area (TPSA) is 117 Å². The summed E-state index contributed by atoms with van der Waals surface area (Å²) in [4.78, 5) is 19.0. The number of H-pyrrole nitrogens is 1. The van der Waals surface area contributed by atoms with Crippen molar-refractivity contribution >= 4 is 11.2 Å². The summed E-state index contributed by atoms with van der Waals surface area (Å²) in [7, 11) is 0. The van der Waals surface area contributed by atoms with Gasteiger partial charge in [-0.15, -0.1) is 5.10 Å². The zero-order valence-corrected chi connectivity index (χ0v) is 11.0. The maximum atomic E-state index is 12.0. The van der Waals surface area contributed by atoms with Gasteiger partial charge in [-0.3, -0.25) is 4.79 Å². The number of nitrogens with one attached hydrogen (secondary N) is 1. The Hall–Kier alpha value is -2.58. The standard InChI is InChI=1S/C13H13N5O3/c19-7-9(20)6-18-12-10(16-17-18)13(21)15-11(14-12)8-4-2-1-3-5-8/h1-5,9,19-20H,6-7H2,(H,14,15,21)/t9-/m1/s1. The molecule has 2 aromatic heterocycles. The van der Waals surface area contributed by atoms with Crippen LogP contribution in [-0.4, -0.2) is 47.9 Å². The highest BCUT2D eigenvalue weighted by Gasteiger charge is 2.14. The van der Waals surface area contributed by atoms with Crippen LogP contribution in [0.5, 0.6) is 0 Å². The molecule has 3 rings (SSSR count). The molecular formula is C13H13N5O3. The Balaban J connectivity index is 2.13. The van der Waals surface area contributed by atoms with E-state index in [0.717, 1.165) is 5.56 Å². The number of nitrogens with zero attached hydrogens (tertiary/aromatic N) is 4. The highest BCUT2D eigenvalue weighted by atomic mass is 16.3. The summed E-state index contributed by atoms with van der Waals surface area (Å²) in [6.07, 6.45) is -0.990. The number of aromatic nitrogens is 5. The summed E-state index contributed by atoms with van der Waals surface area (Å²) in [5.74, 6) is 0.398. The Morgan fingerprint density at radius 3 is 2.76 bits per heavy atom. The quantitative estimate of drug-likeness (QED) is 0.597. The van der Waals surface area contributed by atoms with Gasteiger partial charge >= 0.3 is 0 Å². The lowest BCUT2D eigenvalue weighted by Gasteiger charge is -2.07. The van der Waals surface area contributed by atoms with Crippen LogP contribution in [0.3, 0.4) is 0 Å². The number of aromatic amines is 1. The molecule has 3 N–H and O–H groups in total. The molecule has 0 bridgehead atoms. The molecule has 0 saturated heterocycles. The zero-order chi connectivity index (χ0) is 14.8. The molecule has 3 aromatic rings. The molecule has 8 nitrogen and oxygen atoms in total. The van der Waals surface area contributed by atoms with Crippen molar-refractivity contribution < 1.29 is 10.2 Å². The Morgan fingerprint density at radius 1 is 1.29 bits per heavy atom. The highest BCUT2D eigenvalue weighted by Crippen LogP contribution is 2.14. The maximum Gasteiger partial charge on any atom is 0.281 e. The first-order chi connectivity index (χ1) is 10.2. The van der Waals surface area contributed by atoms with Crippen LogP contribution in [0.4, 0.5) is 0 Å². The number of fused-ring (bicyclic) bond motifs is 1. The van der Waals surface area contributed by atoms with Gasteiger partial charge in [0.05, 0.1) is 19.3 Å². The van der Waals surface area contributed by atoms with Crippen LogP contribution in [0.2, 0.25) is 0 Å². The third kappa shape index (κ3) is 2.54. The lowest BCUT2D eigenvalue weighted by atomic mass is 10.2. The second kappa shape index (κ2) is 5.43. The summed E-state index contributed by atoms with van der Waals surface area (Å²) >= 11 is 0. The van der Waals surface area contributed by atoms with E-state index >= 15 is 0 Å². The zero-order valence-electron chi connectivity index (χ0n) is 11.0. The van der Waals surface area contributed by atoms with Crippen molar-refractivity contribution in [1.82, 2.24) is 25.0 Å². The van der Waals surface area contributed by atoms with E-state index in [4.69, 9.17) is 5.11 Å². The Labute approximate surface area is 118 Å². The molecule has 0 amide bonds. The molecule has 0 radical (unpaired) electrons. The lowest BCUT2D eigenvalue weighted by molar-refractivity contribution is 0.0787. The monoisotopic (exact) mass is 287 g/mol. The normalized spacial score (nSPS) is 12.7. The molecule has 1 atom stereocenters. The van der Waals surface area contributed by atoms with Gasteiger partial charge in [0.2, 0.25) is 0 Å². The predicted molar refractivity (Wildman–Crippen MR) is 74.5 cm³/mol. The average Bonchev–Trinajstić information content (AvgIpc) is 2.91. The van der Waals surface area contributed by atoms with Gasteiger partial charge < -0.3 is 15.2 Å². The number of aliphatic hydroxyl groups is 2. The van der Waals surface area contributed by atoms with Gasteiger partial charge in [-0.2, -0.15) is 0 Å². The van der Waals surface area contributed by atoms with Gasteiger partial charge in [0.25, 0.3) is 5.56 Å². The second-order valence-corrected chi connectivity index (χ2v) is 4.56. The van der Waals surface area contributed by atoms with Gasteiger partial charge in [0.15, 0.2) is 11.2 Å². The fourth-order valence-electron chi connectivity index (χ4n) is 1.98. The third-order valence-corrected chi connectivity index (χ3v) is 3.02. The highest BCUT2D eigenvalue weighted by molar-refractivity contribution is 5.71. The van der Waals surface area contributed by atoms with E-state index in [1.807, 2.05) is 30.3 Å². The fraction of sp³-hybridized carbons (Fsp3) is 0.231. The fourth-order valence-corrected chi connectivity index (χ4v) is 1.98. The minimum Gasteiger partial charge on any atom is -0.394 e. The largest absolute Gasteiger partial charge is 0.394 e. The summed E-state index contributed by atoms with van der Waals surface area (Å²) in [5, 5.41) is 25.9. The van der Waals surface area contributed by atoms with Crippen molar-refractivity contribution in [3.63, 3.8) is 0 Å². The van der Waals surface area contributed by atoms with E-state index in [-0.39, 0.29) is 17.7 Å². The molecule has 0 aliphatic carbocycles. The Morgan fingerprint density at radius 2 is 2.05 bits per heavy atom. The van der Waals surface area contributed by atoms with Gasteiger partial charge in [-0.05, 0) is 0 Å². The van der Waals surface area contributed by atoms with E-state index in [1.165, 1.54) is 4.68 Å². The van der Waals surface area contributed by atoms with Crippen molar-refractivity contribution in [1.29, 1.82) is 0 Å². The number of hydrogen-bond donors (Lipinski definition) is 3. The molecule has 0 spiro atoms. The van der Waals surface area contributed by atoms with E-state index in [1.54, 1.807) is 0 Å². The van der Waals surface area contributed by atoms with Crippen LogP contribution >= 0.6 is 0 Å². The molecule has 0 saturated carbocycles. The van der Waals surface area contributed by atoms with Crippen LogP contribution in [0.15, 0.2) is 35.1 Å². The summed E-state index contributed by atoms with van der Waals surface area (Å²) in [5.41, 5.74) is 0.723. The first-order valence-electron chi connectivity index (χ1n) is 6.37. The van der Waals surface area contributed by atoms with Crippen LogP contribution in [-0.2, 0) is 6.54 Å². The van der Waals surface area contributed by atoms with Crippen molar-refractivity contribution in [2.45, 2.75) is 12.6 Å². The van der Waals surface area contributed by atoms with Crippen molar-refractivity contribution in [3.05, 3.63) is 40.7 Å². The van der Waals surface area contributed by atoms with Gasteiger partial charge in [-0.25, -0.2) is 9.67 Å². The number of aliphatic hydroxyl groups excluding tert-OH is 2. The first-order valence-corrected chi connectivity index (χ1v) is 6.37. The third-order valence-electron chi connectivity index (χ3n) is 3.02. The molecule has 1 aromatic carbocycles. The van der Waals surface area contributed by atoms with Crippen LogP contribution < -0.4 is 5.56 Å². The van der Waals surface area contributed by atoms with Crippen molar-refractivity contribution in [3.8, 4) is 11.4 Å². The average molecular weight is 287 g/mol. The van der Waals surface area contributed by atoms with E-state index in [2.05, 4.69) is 20.3 Å². The lowest BCUT2D eigenvalue weighted by Crippen LogP contribution is -2.21. The van der Waals surface area contributed by atoms with Gasteiger partial charge in [-0.1, -0.05) is 35.5 Å². The summed E-state index contributed by atoms with van der Waals surface area (Å²) in [6, 6.07) is 9.18. The predicted octanol–water partition coefficient (Wildman–Crippen LogP) is -0.465. The molecular weight excluding hydrogens is 274 g/mol. The summed E-state index contributed by atoms with van der Waals surface area (Å²) in [6.45, 7) is -0.395. The molecule has 0 fully saturated rings. The van der Waals surface area contributed by atoms with Gasteiger partial charge in [0, 0.05) is 5.56 Å². The molecule has 8 heteroatoms. The SMILES string of the molecule is O=c1[nH]c(-c2ccccc2)nc2c1nnn2C[C@@H](O)CO. The molecule has 21 heavy (non-hydrogen) atoms. The van der Waals surface area contributed by atoms with E-state index < -0.39 is 18.3 Å². The van der Waals surface area contributed by atoms with Crippen molar-refractivity contribution in [2.75, 3.05) is 6.61 Å². The molecule has 0 unspecified atom stereocenters. The maximum absolute atomic E-state index is 12.0. The van der Waals surface area contributed by atoms with Crippen LogP contribution in [0.1, 0.15) is 0 Å². The van der Waals surface area contributed by atoms with Crippen LogP contribution in [0, 0.1) is 0 Å². The summed E-state index contributed by atoms with van der Waals surface area (Å²) < 4.78 is 1.30. The van der Waals surface area contributed by atoms with E-state index in [0.29, 0.717) is 5.82 Å². The molecule has 108 valence electrons. The molecule has 2 heterocycles. The number of benzene rings is 1. The van der Waals surface area contributed by atoms with Crippen molar-refractivity contribution in [2.24, 2.45) is 0 Å². The Kier molecular flexibility index (Phi) is 3.46. The Bertz CT molecular complexity index is 812. The first kappa shape index (κ1) is 13.4. The van der Waals surface area contributed by atoms with Gasteiger partial charge in [0.1, 0.15) is 5.82 Å².